The van der Waals surface area contributed by atoms with Crippen molar-refractivity contribution in [2.24, 2.45) is 0 Å². The van der Waals surface area contributed by atoms with Crippen molar-refractivity contribution >= 4 is 17.3 Å². The molecule has 6 rings (SSSR count). The quantitative estimate of drug-likeness (QED) is 0.392. The third-order valence-electron chi connectivity index (χ3n) is 6.48. The van der Waals surface area contributed by atoms with E-state index in [1.807, 2.05) is 59.1 Å². The molecule has 0 amide bonds. The molecule has 36 heavy (non-hydrogen) atoms. The van der Waals surface area contributed by atoms with Crippen molar-refractivity contribution in [3.63, 3.8) is 0 Å². The van der Waals surface area contributed by atoms with E-state index in [1.54, 1.807) is 7.11 Å². The Morgan fingerprint density at radius 3 is 2.67 bits per heavy atom. The molecule has 2 aliphatic heterocycles. The van der Waals surface area contributed by atoms with Crippen molar-refractivity contribution < 1.29 is 18.9 Å². The normalized spacial score (nSPS) is 15.2. The third kappa shape index (κ3) is 4.61. The molecule has 1 fully saturated rings. The van der Waals surface area contributed by atoms with Crippen molar-refractivity contribution in [2.75, 3.05) is 51.9 Å². The van der Waals surface area contributed by atoms with Crippen LogP contribution in [-0.4, -0.2) is 66.1 Å². The van der Waals surface area contributed by atoms with E-state index in [0.717, 1.165) is 59.5 Å². The van der Waals surface area contributed by atoms with Crippen LogP contribution in [-0.2, 0) is 0 Å². The van der Waals surface area contributed by atoms with Gasteiger partial charge in [-0.3, -0.25) is 4.90 Å². The smallest absolute Gasteiger partial charge is 0.247 e. The summed E-state index contributed by atoms with van der Waals surface area (Å²) in [7, 11) is 1.65. The molecule has 0 bridgehead atoms. The average Bonchev–Trinajstić information content (AvgIpc) is 3.58. The van der Waals surface area contributed by atoms with Gasteiger partial charge in [-0.25, -0.2) is 4.52 Å². The van der Waals surface area contributed by atoms with Crippen LogP contribution in [0.5, 0.6) is 23.0 Å². The number of methoxy groups -OCH3 is 1. The van der Waals surface area contributed by atoms with E-state index >= 15 is 0 Å². The molecule has 4 heterocycles. The molecule has 0 unspecified atom stereocenters. The Morgan fingerprint density at radius 1 is 0.944 bits per heavy atom. The molecule has 0 radical (unpaired) electrons. The van der Waals surface area contributed by atoms with Gasteiger partial charge in [0.1, 0.15) is 19.8 Å². The van der Waals surface area contributed by atoms with Gasteiger partial charge in [0.05, 0.1) is 12.8 Å². The fraction of sp³-hybridized carbons (Fsp3) is 0.333. The van der Waals surface area contributed by atoms with Crippen molar-refractivity contribution in [3.05, 3.63) is 54.6 Å². The molecule has 0 aliphatic carbocycles. The topological polar surface area (TPSA) is 82.4 Å². The van der Waals surface area contributed by atoms with Crippen LogP contribution < -0.4 is 24.3 Å². The summed E-state index contributed by atoms with van der Waals surface area (Å²) in [4.78, 5) is 7.09. The minimum Gasteiger partial charge on any atom is -0.493 e. The fourth-order valence-electron chi connectivity index (χ4n) is 4.66. The number of hydrogen-bond donors (Lipinski definition) is 1. The summed E-state index contributed by atoms with van der Waals surface area (Å²) in [6.45, 7) is 5.00. The van der Waals surface area contributed by atoms with E-state index in [4.69, 9.17) is 24.0 Å². The Hall–Kier alpha value is -3.98. The summed E-state index contributed by atoms with van der Waals surface area (Å²) < 4.78 is 24.8. The lowest BCUT2D eigenvalue weighted by molar-refractivity contribution is 0.171. The van der Waals surface area contributed by atoms with Crippen LogP contribution in [0, 0.1) is 0 Å². The van der Waals surface area contributed by atoms with E-state index in [1.165, 1.54) is 12.8 Å². The van der Waals surface area contributed by atoms with Crippen LogP contribution in [0.25, 0.3) is 16.9 Å². The van der Waals surface area contributed by atoms with Crippen molar-refractivity contribution in [2.45, 2.75) is 12.8 Å². The van der Waals surface area contributed by atoms with Gasteiger partial charge in [-0.1, -0.05) is 6.07 Å². The summed E-state index contributed by atoms with van der Waals surface area (Å²) in [5.74, 6) is 3.39. The van der Waals surface area contributed by atoms with Crippen LogP contribution in [0.4, 0.5) is 11.6 Å². The predicted octanol–water partition coefficient (Wildman–Crippen LogP) is 4.39. The van der Waals surface area contributed by atoms with Gasteiger partial charge < -0.3 is 24.3 Å². The fourth-order valence-corrected chi connectivity index (χ4v) is 4.66. The lowest BCUT2D eigenvalue weighted by Gasteiger charge is -2.19. The minimum absolute atomic E-state index is 0.491. The second-order valence-electron chi connectivity index (χ2n) is 8.86. The van der Waals surface area contributed by atoms with Gasteiger partial charge in [-0.2, -0.15) is 4.98 Å². The first-order chi connectivity index (χ1) is 17.8. The molecule has 0 saturated carbocycles. The summed E-state index contributed by atoms with van der Waals surface area (Å²) >= 11 is 0. The number of benzene rings is 2. The van der Waals surface area contributed by atoms with E-state index in [-0.39, 0.29) is 0 Å². The zero-order valence-electron chi connectivity index (χ0n) is 20.3. The highest BCUT2D eigenvalue weighted by Crippen LogP contribution is 2.35. The first kappa shape index (κ1) is 22.5. The maximum Gasteiger partial charge on any atom is 0.247 e. The van der Waals surface area contributed by atoms with Crippen molar-refractivity contribution in [3.8, 4) is 34.3 Å². The molecule has 0 spiro atoms. The molecule has 2 aromatic carbocycles. The van der Waals surface area contributed by atoms with E-state index in [0.29, 0.717) is 31.5 Å². The largest absolute Gasteiger partial charge is 0.493 e. The van der Waals surface area contributed by atoms with Crippen molar-refractivity contribution in [1.29, 1.82) is 0 Å². The van der Waals surface area contributed by atoms with Crippen LogP contribution in [0.15, 0.2) is 54.6 Å². The van der Waals surface area contributed by atoms with Crippen LogP contribution >= 0.6 is 0 Å². The van der Waals surface area contributed by atoms with E-state index < -0.39 is 0 Å². The Labute approximate surface area is 209 Å². The summed E-state index contributed by atoms with van der Waals surface area (Å²) in [6.07, 6.45) is 2.55. The van der Waals surface area contributed by atoms with Crippen LogP contribution in [0.2, 0.25) is 0 Å². The summed E-state index contributed by atoms with van der Waals surface area (Å²) in [5, 5.41) is 8.01. The number of ether oxygens (including phenoxy) is 4. The Morgan fingerprint density at radius 2 is 1.81 bits per heavy atom. The molecular weight excluding hydrogens is 458 g/mol. The monoisotopic (exact) mass is 487 g/mol. The number of fused-ring (bicyclic) bond motifs is 2. The van der Waals surface area contributed by atoms with Crippen LogP contribution in [0.1, 0.15) is 12.8 Å². The number of nitrogens with one attached hydrogen (secondary N) is 1. The standard InChI is InChI=1S/C27H29N5O4/c1-33-24-18-20(8-10-22(24)34-14-13-31-11-2-3-12-31)28-27-29-26-6-4-5-21(32(26)30-27)19-7-9-23-25(17-19)36-16-15-35-23/h4-10,17-18H,2-3,11-16H2,1H3,(H,28,30). The summed E-state index contributed by atoms with van der Waals surface area (Å²) in [6, 6.07) is 17.6. The molecule has 2 aliphatic rings. The Balaban J connectivity index is 1.20. The molecule has 1 saturated heterocycles. The zero-order valence-corrected chi connectivity index (χ0v) is 20.3. The first-order valence-electron chi connectivity index (χ1n) is 12.3. The molecule has 0 atom stereocenters. The van der Waals surface area contributed by atoms with E-state index in [9.17, 15) is 0 Å². The average molecular weight is 488 g/mol. The van der Waals surface area contributed by atoms with Gasteiger partial charge in [-0.05, 0) is 68.4 Å². The maximum absolute atomic E-state index is 6.00. The minimum atomic E-state index is 0.491. The lowest BCUT2D eigenvalue weighted by Crippen LogP contribution is -2.25. The predicted molar refractivity (Wildman–Crippen MR) is 137 cm³/mol. The first-order valence-corrected chi connectivity index (χ1v) is 12.3. The molecule has 9 heteroatoms. The lowest BCUT2D eigenvalue weighted by atomic mass is 10.1. The number of pyridine rings is 1. The number of hydrogen-bond acceptors (Lipinski definition) is 8. The highest BCUT2D eigenvalue weighted by atomic mass is 16.6. The van der Waals surface area contributed by atoms with Gasteiger partial charge in [0.25, 0.3) is 0 Å². The molecule has 4 aromatic rings. The van der Waals surface area contributed by atoms with Gasteiger partial charge in [0, 0.05) is 23.9 Å². The molecule has 1 N–H and O–H groups in total. The van der Waals surface area contributed by atoms with E-state index in [2.05, 4.69) is 15.2 Å². The molecular formula is C27H29N5O4. The SMILES string of the molecule is COc1cc(Nc2nc3cccc(-c4ccc5c(c4)OCCO5)n3n2)ccc1OCCN1CCCC1. The third-order valence-corrected chi connectivity index (χ3v) is 6.48. The molecule has 9 nitrogen and oxygen atoms in total. The number of aromatic nitrogens is 3. The van der Waals surface area contributed by atoms with Crippen molar-refractivity contribution in [1.82, 2.24) is 19.5 Å². The Kier molecular flexibility index (Phi) is 6.21. The van der Waals surface area contributed by atoms with Gasteiger partial charge in [0.2, 0.25) is 5.95 Å². The Bertz CT molecular complexity index is 1370. The number of rotatable bonds is 8. The number of likely N-dealkylation sites (tertiary alicyclic amines) is 1. The maximum atomic E-state index is 6.00. The number of nitrogens with zero attached hydrogens (tertiary/aromatic N) is 4. The second kappa shape index (κ2) is 9.94. The van der Waals surface area contributed by atoms with Gasteiger partial charge in [-0.15, -0.1) is 5.10 Å². The molecule has 2 aromatic heterocycles. The van der Waals surface area contributed by atoms with Crippen LogP contribution in [0.3, 0.4) is 0 Å². The zero-order chi connectivity index (χ0) is 24.3. The van der Waals surface area contributed by atoms with Gasteiger partial charge in [0.15, 0.2) is 28.6 Å². The van der Waals surface area contributed by atoms with Gasteiger partial charge >= 0.3 is 0 Å². The second-order valence-corrected chi connectivity index (χ2v) is 8.86. The number of anilines is 2. The summed E-state index contributed by atoms with van der Waals surface area (Å²) in [5.41, 5.74) is 3.43. The highest BCUT2D eigenvalue weighted by molar-refractivity contribution is 5.68. The molecule has 186 valence electrons. The highest BCUT2D eigenvalue weighted by Gasteiger charge is 2.16.